The van der Waals surface area contributed by atoms with Gasteiger partial charge >= 0.3 is 5.97 Å². The second-order valence-corrected chi connectivity index (χ2v) is 6.91. The van der Waals surface area contributed by atoms with E-state index >= 15 is 0 Å². The molecule has 5 nitrogen and oxygen atoms in total. The van der Waals surface area contributed by atoms with Crippen LogP contribution in [0.5, 0.6) is 0 Å². The topological polar surface area (TPSA) is 53.0 Å². The van der Waals surface area contributed by atoms with Gasteiger partial charge in [-0.3, -0.25) is 4.79 Å². The van der Waals surface area contributed by atoms with Crippen molar-refractivity contribution >= 4 is 29.8 Å². The van der Waals surface area contributed by atoms with Crippen LogP contribution in [0.1, 0.15) is 12.8 Å². The van der Waals surface area contributed by atoms with E-state index in [4.69, 9.17) is 4.74 Å². The number of ether oxygens (including phenoxy) is 1. The van der Waals surface area contributed by atoms with Gasteiger partial charge in [0, 0.05) is 31.0 Å². The number of benzene rings is 2. The standard InChI is InChI=1S/C22H28N2O3.ClH/c25-22(26)19-8-7-13-23(18-19)14-16-27-17-15-24(20-9-3-1-4-10-20)21-11-5-2-6-12-21;/h1-6,9-12,19H,7-8,13-18H2,(H,25,26);1H/t19-;/m1./s1. The summed E-state index contributed by atoms with van der Waals surface area (Å²) in [5, 5.41) is 9.18. The molecule has 1 atom stereocenters. The molecule has 0 spiro atoms. The Bertz CT molecular complexity index is 660. The molecule has 1 aliphatic heterocycles. The molecule has 6 heteroatoms. The lowest BCUT2D eigenvalue weighted by Gasteiger charge is -2.30. The largest absolute Gasteiger partial charge is 0.481 e. The van der Waals surface area contributed by atoms with E-state index in [0.29, 0.717) is 19.8 Å². The summed E-state index contributed by atoms with van der Waals surface area (Å²) < 4.78 is 5.87. The number of carboxylic acids is 1. The molecule has 0 unspecified atom stereocenters. The van der Waals surface area contributed by atoms with Crippen molar-refractivity contribution in [2.75, 3.05) is 44.3 Å². The second-order valence-electron chi connectivity index (χ2n) is 6.91. The zero-order valence-corrected chi connectivity index (χ0v) is 16.9. The van der Waals surface area contributed by atoms with Crippen LogP contribution in [0, 0.1) is 5.92 Å². The number of para-hydroxylation sites is 2. The maximum Gasteiger partial charge on any atom is 0.307 e. The highest BCUT2D eigenvalue weighted by Crippen LogP contribution is 2.24. The van der Waals surface area contributed by atoms with Crippen molar-refractivity contribution in [1.29, 1.82) is 0 Å². The number of piperidine rings is 1. The molecule has 2 aromatic rings. The first-order chi connectivity index (χ1) is 13.2. The Hall–Kier alpha value is -2.08. The first-order valence-electron chi connectivity index (χ1n) is 9.64. The molecule has 28 heavy (non-hydrogen) atoms. The number of anilines is 2. The third-order valence-corrected chi connectivity index (χ3v) is 5.00. The van der Waals surface area contributed by atoms with E-state index in [9.17, 15) is 9.90 Å². The lowest BCUT2D eigenvalue weighted by atomic mass is 9.98. The minimum absolute atomic E-state index is 0. The van der Waals surface area contributed by atoms with Gasteiger partial charge in [0.05, 0.1) is 19.1 Å². The summed E-state index contributed by atoms with van der Waals surface area (Å²) in [7, 11) is 0. The van der Waals surface area contributed by atoms with E-state index in [0.717, 1.165) is 43.9 Å². The lowest BCUT2D eigenvalue weighted by molar-refractivity contribution is -0.143. The second kappa shape index (κ2) is 11.7. The Morgan fingerprint density at radius 3 is 2.21 bits per heavy atom. The molecule has 1 heterocycles. The summed E-state index contributed by atoms with van der Waals surface area (Å²) in [5.74, 6) is -0.910. The molecule has 0 amide bonds. The van der Waals surface area contributed by atoms with Gasteiger partial charge in [0.15, 0.2) is 0 Å². The minimum atomic E-state index is -0.679. The Balaban J connectivity index is 0.00000280. The maximum absolute atomic E-state index is 11.2. The quantitative estimate of drug-likeness (QED) is 0.639. The monoisotopic (exact) mass is 404 g/mol. The van der Waals surface area contributed by atoms with Crippen LogP contribution in [-0.4, -0.2) is 55.4 Å². The highest BCUT2D eigenvalue weighted by atomic mass is 35.5. The minimum Gasteiger partial charge on any atom is -0.481 e. The number of likely N-dealkylation sites (tertiary alicyclic amines) is 1. The number of hydrogen-bond donors (Lipinski definition) is 1. The molecule has 0 saturated carbocycles. The van der Waals surface area contributed by atoms with Crippen molar-refractivity contribution in [3.05, 3.63) is 60.7 Å². The fraction of sp³-hybridized carbons (Fsp3) is 0.409. The van der Waals surface area contributed by atoms with Crippen LogP contribution >= 0.6 is 12.4 Å². The maximum atomic E-state index is 11.2. The molecule has 3 rings (SSSR count). The van der Waals surface area contributed by atoms with Crippen molar-refractivity contribution in [3.8, 4) is 0 Å². The van der Waals surface area contributed by atoms with Crippen LogP contribution in [0.4, 0.5) is 11.4 Å². The molecule has 0 aromatic heterocycles. The molecule has 1 saturated heterocycles. The van der Waals surface area contributed by atoms with Gasteiger partial charge in [-0.2, -0.15) is 0 Å². The van der Waals surface area contributed by atoms with Gasteiger partial charge in [-0.1, -0.05) is 36.4 Å². The third kappa shape index (κ3) is 6.51. The van der Waals surface area contributed by atoms with E-state index in [-0.39, 0.29) is 18.3 Å². The predicted octanol–water partition coefficient (Wildman–Crippen LogP) is 4.06. The summed E-state index contributed by atoms with van der Waals surface area (Å²) in [5.41, 5.74) is 2.29. The Morgan fingerprint density at radius 2 is 1.64 bits per heavy atom. The summed E-state index contributed by atoms with van der Waals surface area (Å²) in [6, 6.07) is 20.6. The van der Waals surface area contributed by atoms with Crippen molar-refractivity contribution in [2.24, 2.45) is 5.92 Å². The lowest BCUT2D eigenvalue weighted by Crippen LogP contribution is -2.40. The molecule has 0 bridgehead atoms. The van der Waals surface area contributed by atoms with Crippen LogP contribution in [0.25, 0.3) is 0 Å². The highest BCUT2D eigenvalue weighted by molar-refractivity contribution is 5.85. The number of halogens is 1. The highest BCUT2D eigenvalue weighted by Gasteiger charge is 2.24. The SMILES string of the molecule is Cl.O=C(O)[C@@H]1CCCN(CCOCCN(c2ccccc2)c2ccccc2)C1. The molecule has 1 aliphatic rings. The van der Waals surface area contributed by atoms with E-state index in [1.165, 1.54) is 0 Å². The number of nitrogens with zero attached hydrogens (tertiary/aromatic N) is 2. The van der Waals surface area contributed by atoms with Crippen molar-refractivity contribution in [1.82, 2.24) is 4.90 Å². The van der Waals surface area contributed by atoms with Gasteiger partial charge in [-0.25, -0.2) is 0 Å². The van der Waals surface area contributed by atoms with Gasteiger partial charge in [0.1, 0.15) is 0 Å². The van der Waals surface area contributed by atoms with Gasteiger partial charge in [0.2, 0.25) is 0 Å². The first kappa shape index (κ1) is 22.2. The zero-order valence-electron chi connectivity index (χ0n) is 16.1. The van der Waals surface area contributed by atoms with E-state index in [1.54, 1.807) is 0 Å². The fourth-order valence-corrected chi connectivity index (χ4v) is 3.53. The number of rotatable bonds is 9. The molecule has 152 valence electrons. The molecule has 2 aromatic carbocycles. The molecule has 1 fully saturated rings. The molecule has 0 radical (unpaired) electrons. The molecule has 1 N–H and O–H groups in total. The van der Waals surface area contributed by atoms with Crippen molar-refractivity contribution in [3.63, 3.8) is 0 Å². The van der Waals surface area contributed by atoms with E-state index < -0.39 is 5.97 Å². The number of carbonyl (C=O) groups is 1. The number of aliphatic carboxylic acids is 1. The molecular formula is C22H29ClN2O3. The van der Waals surface area contributed by atoms with Gasteiger partial charge in [0.25, 0.3) is 0 Å². The molecular weight excluding hydrogens is 376 g/mol. The predicted molar refractivity (Wildman–Crippen MR) is 115 cm³/mol. The van der Waals surface area contributed by atoms with Crippen LogP contribution in [0.15, 0.2) is 60.7 Å². The summed E-state index contributed by atoms with van der Waals surface area (Å²) in [6.07, 6.45) is 1.74. The van der Waals surface area contributed by atoms with E-state index in [2.05, 4.69) is 34.1 Å². The summed E-state index contributed by atoms with van der Waals surface area (Å²) >= 11 is 0. The van der Waals surface area contributed by atoms with Crippen molar-refractivity contribution in [2.45, 2.75) is 12.8 Å². The number of carboxylic acid groups (broad SMARTS) is 1. The summed E-state index contributed by atoms with van der Waals surface area (Å²) in [4.78, 5) is 15.6. The summed E-state index contributed by atoms with van der Waals surface area (Å²) in [6.45, 7) is 4.42. The Morgan fingerprint density at radius 1 is 1.04 bits per heavy atom. The van der Waals surface area contributed by atoms with Gasteiger partial charge < -0.3 is 19.6 Å². The Labute approximate surface area is 173 Å². The smallest absolute Gasteiger partial charge is 0.307 e. The normalized spacial score (nSPS) is 16.9. The average Bonchev–Trinajstić information content (AvgIpc) is 2.72. The van der Waals surface area contributed by atoms with Crippen LogP contribution in [-0.2, 0) is 9.53 Å². The third-order valence-electron chi connectivity index (χ3n) is 5.00. The molecule has 0 aliphatic carbocycles. The first-order valence-corrected chi connectivity index (χ1v) is 9.64. The van der Waals surface area contributed by atoms with Gasteiger partial charge in [-0.05, 0) is 43.7 Å². The number of hydrogen-bond acceptors (Lipinski definition) is 4. The van der Waals surface area contributed by atoms with Crippen LogP contribution in [0.2, 0.25) is 0 Å². The Kier molecular flexibility index (Phi) is 9.28. The van der Waals surface area contributed by atoms with Crippen molar-refractivity contribution < 1.29 is 14.6 Å². The van der Waals surface area contributed by atoms with Crippen LogP contribution in [0.3, 0.4) is 0 Å². The van der Waals surface area contributed by atoms with Crippen LogP contribution < -0.4 is 4.90 Å². The van der Waals surface area contributed by atoms with E-state index in [1.807, 2.05) is 36.4 Å². The average molecular weight is 405 g/mol. The fourth-order valence-electron chi connectivity index (χ4n) is 3.53. The zero-order chi connectivity index (χ0) is 18.9. The van der Waals surface area contributed by atoms with Gasteiger partial charge in [-0.15, -0.1) is 12.4 Å².